The van der Waals surface area contributed by atoms with Gasteiger partial charge in [0.2, 0.25) is 0 Å². The van der Waals surface area contributed by atoms with Crippen molar-refractivity contribution in [2.45, 2.75) is 6.58 Å². The van der Waals surface area contributed by atoms with E-state index in [-0.39, 0.29) is 5.76 Å². The molecular formula is C9H8O2. The lowest BCUT2D eigenvalue weighted by molar-refractivity contribution is 0.251. The summed E-state index contributed by atoms with van der Waals surface area (Å²) in [6.45, 7) is -1.28. The van der Waals surface area contributed by atoms with E-state index in [4.69, 9.17) is 10.9 Å². The molecule has 1 atom stereocenters. The van der Waals surface area contributed by atoms with Crippen LogP contribution in [0.25, 0.3) is 11.0 Å². The van der Waals surface area contributed by atoms with E-state index in [0.717, 1.165) is 5.39 Å². The zero-order valence-corrected chi connectivity index (χ0v) is 5.82. The van der Waals surface area contributed by atoms with Crippen molar-refractivity contribution in [2.75, 3.05) is 0 Å². The molecule has 0 radical (unpaired) electrons. The van der Waals surface area contributed by atoms with Crippen LogP contribution < -0.4 is 0 Å². The van der Waals surface area contributed by atoms with Crippen molar-refractivity contribution in [2.24, 2.45) is 0 Å². The van der Waals surface area contributed by atoms with Gasteiger partial charge >= 0.3 is 0 Å². The van der Waals surface area contributed by atoms with Crippen molar-refractivity contribution < 1.29 is 10.9 Å². The van der Waals surface area contributed by atoms with E-state index in [9.17, 15) is 0 Å². The van der Waals surface area contributed by atoms with Gasteiger partial charge in [-0.3, -0.25) is 0 Å². The van der Waals surface area contributed by atoms with Crippen molar-refractivity contribution in [3.05, 3.63) is 36.1 Å². The topological polar surface area (TPSA) is 33.4 Å². The summed E-state index contributed by atoms with van der Waals surface area (Å²) in [7, 11) is 0. The zero-order valence-electron chi connectivity index (χ0n) is 6.82. The summed E-state index contributed by atoms with van der Waals surface area (Å²) in [6, 6.07) is 9.10. The molecule has 0 amide bonds. The molecule has 0 fully saturated rings. The van der Waals surface area contributed by atoms with E-state index in [0.29, 0.717) is 5.58 Å². The lowest BCUT2D eigenvalue weighted by atomic mass is 10.2. The fourth-order valence-corrected chi connectivity index (χ4v) is 1.07. The van der Waals surface area contributed by atoms with Crippen molar-refractivity contribution in [1.82, 2.24) is 0 Å². The lowest BCUT2D eigenvalue weighted by Gasteiger charge is -1.83. The molecule has 1 aromatic heterocycles. The highest BCUT2D eigenvalue weighted by molar-refractivity contribution is 5.77. The molecule has 1 N–H and O–H groups in total. The minimum Gasteiger partial charge on any atom is -0.459 e. The number of benzene rings is 1. The predicted molar refractivity (Wildman–Crippen MR) is 42.1 cm³/mol. The lowest BCUT2D eigenvalue weighted by Crippen LogP contribution is -1.72. The Morgan fingerprint density at radius 3 is 3.00 bits per heavy atom. The Morgan fingerprint density at radius 1 is 1.45 bits per heavy atom. The Bertz CT molecular complexity index is 359. The maximum Gasteiger partial charge on any atom is 0.134 e. The van der Waals surface area contributed by atoms with Gasteiger partial charge in [-0.2, -0.15) is 0 Å². The molecule has 2 heteroatoms. The standard InChI is InChI=1S/C9H8O2/c10-6-8-5-7-3-1-2-4-9(7)11-8/h1-5,10H,6H2/i6D. The van der Waals surface area contributed by atoms with E-state index in [1.165, 1.54) is 0 Å². The highest BCUT2D eigenvalue weighted by Crippen LogP contribution is 2.18. The van der Waals surface area contributed by atoms with E-state index in [2.05, 4.69) is 0 Å². The van der Waals surface area contributed by atoms with Gasteiger partial charge < -0.3 is 9.52 Å². The van der Waals surface area contributed by atoms with Crippen molar-refractivity contribution in [1.29, 1.82) is 0 Å². The molecule has 0 aliphatic heterocycles. The highest BCUT2D eigenvalue weighted by atomic mass is 16.4. The van der Waals surface area contributed by atoms with Crippen LogP contribution in [-0.2, 0) is 6.58 Å². The molecule has 11 heavy (non-hydrogen) atoms. The molecule has 2 nitrogen and oxygen atoms in total. The first-order chi connectivity index (χ1) is 5.77. The molecule has 1 heterocycles. The zero-order chi connectivity index (χ0) is 8.55. The van der Waals surface area contributed by atoms with Crippen molar-refractivity contribution >= 4 is 11.0 Å². The number of fused-ring (bicyclic) bond motifs is 1. The molecule has 56 valence electrons. The van der Waals surface area contributed by atoms with Gasteiger partial charge in [0.1, 0.15) is 17.9 Å². The smallest absolute Gasteiger partial charge is 0.134 e. The summed E-state index contributed by atoms with van der Waals surface area (Å²) >= 11 is 0. The van der Waals surface area contributed by atoms with Gasteiger partial charge in [-0.15, -0.1) is 0 Å². The molecule has 1 unspecified atom stereocenters. The monoisotopic (exact) mass is 149 g/mol. The average Bonchev–Trinajstić information content (AvgIpc) is 2.46. The van der Waals surface area contributed by atoms with Gasteiger partial charge in [0.25, 0.3) is 0 Å². The fourth-order valence-electron chi connectivity index (χ4n) is 1.07. The summed E-state index contributed by atoms with van der Waals surface area (Å²) in [5.74, 6) is 0.288. The van der Waals surface area contributed by atoms with Gasteiger partial charge in [-0.25, -0.2) is 0 Å². The third kappa shape index (κ3) is 1.01. The van der Waals surface area contributed by atoms with Crippen LogP contribution in [-0.4, -0.2) is 5.11 Å². The van der Waals surface area contributed by atoms with E-state index in [1.807, 2.05) is 18.2 Å². The SMILES string of the molecule is [2H]C(O)c1cc2ccccc2o1. The van der Waals surface area contributed by atoms with Gasteiger partial charge in [0.05, 0.1) is 1.37 Å². The molecule has 0 bridgehead atoms. The second-order valence-corrected chi connectivity index (χ2v) is 2.32. The number of furan rings is 1. The van der Waals surface area contributed by atoms with Crippen LogP contribution in [0.2, 0.25) is 0 Å². The van der Waals surface area contributed by atoms with Crippen LogP contribution in [0.4, 0.5) is 0 Å². The molecule has 2 aromatic rings. The van der Waals surface area contributed by atoms with Crippen LogP contribution in [0.5, 0.6) is 0 Å². The average molecular weight is 149 g/mol. The Morgan fingerprint density at radius 2 is 2.27 bits per heavy atom. The van der Waals surface area contributed by atoms with E-state index in [1.54, 1.807) is 12.1 Å². The molecule has 0 saturated carbocycles. The van der Waals surface area contributed by atoms with Gasteiger partial charge in [-0.05, 0) is 12.1 Å². The molecule has 1 aromatic carbocycles. The molecule has 2 rings (SSSR count). The van der Waals surface area contributed by atoms with Crippen molar-refractivity contribution in [3.8, 4) is 0 Å². The number of aliphatic hydroxyl groups excluding tert-OH is 1. The first kappa shape index (κ1) is 5.38. The van der Waals surface area contributed by atoms with Crippen LogP contribution in [0, 0.1) is 0 Å². The van der Waals surface area contributed by atoms with Crippen LogP contribution in [0.15, 0.2) is 34.7 Å². The Balaban J connectivity index is 2.62. The Hall–Kier alpha value is -1.28. The van der Waals surface area contributed by atoms with Gasteiger partial charge in [-0.1, -0.05) is 18.2 Å². The van der Waals surface area contributed by atoms with Gasteiger partial charge in [0, 0.05) is 5.39 Å². The summed E-state index contributed by atoms with van der Waals surface area (Å²) < 4.78 is 12.2. The summed E-state index contributed by atoms with van der Waals surface area (Å²) in [6.07, 6.45) is 0. The summed E-state index contributed by atoms with van der Waals surface area (Å²) in [5, 5.41) is 9.81. The fraction of sp³-hybridized carbons (Fsp3) is 0.111. The first-order valence-electron chi connectivity index (χ1n) is 3.94. The molecule has 0 aliphatic rings. The second kappa shape index (κ2) is 2.40. The van der Waals surface area contributed by atoms with Crippen LogP contribution >= 0.6 is 0 Å². The van der Waals surface area contributed by atoms with Gasteiger partial charge in [0.15, 0.2) is 0 Å². The quantitative estimate of drug-likeness (QED) is 0.672. The third-order valence-corrected chi connectivity index (χ3v) is 1.57. The number of rotatable bonds is 1. The van der Waals surface area contributed by atoms with E-state index < -0.39 is 6.58 Å². The molecule has 0 aliphatic carbocycles. The third-order valence-electron chi connectivity index (χ3n) is 1.57. The molecule has 0 spiro atoms. The van der Waals surface area contributed by atoms with Crippen LogP contribution in [0.3, 0.4) is 0 Å². The number of hydrogen-bond donors (Lipinski definition) is 1. The minimum absolute atomic E-state index is 0.288. The minimum atomic E-state index is -1.28. The van der Waals surface area contributed by atoms with Crippen LogP contribution in [0.1, 0.15) is 7.13 Å². The van der Waals surface area contributed by atoms with Crippen molar-refractivity contribution in [3.63, 3.8) is 0 Å². The van der Waals surface area contributed by atoms with E-state index >= 15 is 0 Å². The normalized spacial score (nSPS) is 14.8. The molecule has 0 saturated heterocycles. The first-order valence-corrected chi connectivity index (χ1v) is 3.36. The Labute approximate surface area is 65.5 Å². The highest BCUT2D eigenvalue weighted by Gasteiger charge is 1.99. The summed E-state index contributed by atoms with van der Waals surface area (Å²) in [5.41, 5.74) is 0.707. The largest absolute Gasteiger partial charge is 0.459 e. The predicted octanol–water partition coefficient (Wildman–Crippen LogP) is 1.93. The number of para-hydroxylation sites is 1. The summed E-state index contributed by atoms with van der Waals surface area (Å²) in [4.78, 5) is 0. The maximum absolute atomic E-state index is 8.90. The number of hydrogen-bond acceptors (Lipinski definition) is 2. The number of aliphatic hydroxyl groups is 1. The maximum atomic E-state index is 8.90. The Kier molecular flexibility index (Phi) is 1.17. The molecular weight excluding hydrogens is 140 g/mol. The second-order valence-electron chi connectivity index (χ2n) is 2.32.